The maximum Gasteiger partial charge on any atom is 0.115 e. The van der Waals surface area contributed by atoms with Crippen LogP contribution in [0, 0.1) is 0 Å². The van der Waals surface area contributed by atoms with Crippen molar-refractivity contribution in [3.8, 4) is 0 Å². The van der Waals surface area contributed by atoms with Gasteiger partial charge in [0.05, 0.1) is 24.1 Å². The molecule has 0 bridgehead atoms. The molecule has 1 aromatic carbocycles. The van der Waals surface area contributed by atoms with Crippen LogP contribution < -0.4 is 5.32 Å². The third-order valence-corrected chi connectivity index (χ3v) is 4.02. The van der Waals surface area contributed by atoms with E-state index in [1.807, 2.05) is 12.4 Å². The van der Waals surface area contributed by atoms with Crippen LogP contribution in [-0.2, 0) is 6.42 Å². The van der Waals surface area contributed by atoms with Gasteiger partial charge in [0.15, 0.2) is 0 Å². The number of nitrogens with one attached hydrogen (secondary N) is 2. The summed E-state index contributed by atoms with van der Waals surface area (Å²) in [6.07, 6.45) is 8.70. The second-order valence-corrected chi connectivity index (χ2v) is 5.28. The topological polar surface area (TPSA) is 53.6 Å². The lowest BCUT2D eigenvalue weighted by molar-refractivity contribution is 0.592. The molecule has 100 valence electrons. The standard InChI is InChI=1S/C16H16N4/c1-2-6-14-12(4-1)13-5-3-7-15(16(13)20-14)19-11-8-17-10-18-9-11/h1-2,4,6,8-10,15,19-20H,3,5,7H2. The lowest BCUT2D eigenvalue weighted by Gasteiger charge is -2.24. The second kappa shape index (κ2) is 4.63. The molecule has 1 aliphatic carbocycles. The van der Waals surface area contributed by atoms with Gasteiger partial charge in [-0.05, 0) is 30.9 Å². The Hall–Kier alpha value is -2.36. The molecule has 2 aromatic heterocycles. The molecule has 4 nitrogen and oxygen atoms in total. The summed E-state index contributed by atoms with van der Waals surface area (Å²) >= 11 is 0. The summed E-state index contributed by atoms with van der Waals surface area (Å²) in [4.78, 5) is 11.7. The highest BCUT2D eigenvalue weighted by Gasteiger charge is 2.23. The van der Waals surface area contributed by atoms with Crippen LogP contribution in [0.25, 0.3) is 10.9 Å². The van der Waals surface area contributed by atoms with Crippen molar-refractivity contribution in [3.05, 3.63) is 54.2 Å². The minimum atomic E-state index is 0.317. The second-order valence-electron chi connectivity index (χ2n) is 5.28. The zero-order valence-electron chi connectivity index (χ0n) is 11.1. The number of anilines is 1. The van der Waals surface area contributed by atoms with Gasteiger partial charge in [0.2, 0.25) is 0 Å². The number of rotatable bonds is 2. The summed E-state index contributed by atoms with van der Waals surface area (Å²) < 4.78 is 0. The number of aromatic nitrogens is 3. The fraction of sp³-hybridized carbons (Fsp3) is 0.250. The van der Waals surface area contributed by atoms with Crippen LogP contribution >= 0.6 is 0 Å². The smallest absolute Gasteiger partial charge is 0.115 e. The van der Waals surface area contributed by atoms with Gasteiger partial charge in [-0.15, -0.1) is 0 Å². The minimum Gasteiger partial charge on any atom is -0.374 e. The van der Waals surface area contributed by atoms with Crippen LogP contribution in [0.5, 0.6) is 0 Å². The van der Waals surface area contributed by atoms with E-state index in [9.17, 15) is 0 Å². The Morgan fingerprint density at radius 3 is 2.90 bits per heavy atom. The van der Waals surface area contributed by atoms with Crippen LogP contribution in [0.4, 0.5) is 5.69 Å². The Labute approximate surface area is 117 Å². The van der Waals surface area contributed by atoms with Gasteiger partial charge in [-0.2, -0.15) is 0 Å². The third-order valence-electron chi connectivity index (χ3n) is 4.02. The van der Waals surface area contributed by atoms with Gasteiger partial charge in [0.25, 0.3) is 0 Å². The number of hydrogen-bond donors (Lipinski definition) is 2. The van der Waals surface area contributed by atoms with Crippen molar-refractivity contribution in [2.24, 2.45) is 0 Å². The van der Waals surface area contributed by atoms with Crippen LogP contribution in [0.15, 0.2) is 43.0 Å². The molecule has 2 N–H and O–H groups in total. The lowest BCUT2D eigenvalue weighted by Crippen LogP contribution is -2.17. The largest absolute Gasteiger partial charge is 0.374 e. The van der Waals surface area contributed by atoms with Gasteiger partial charge in [-0.25, -0.2) is 9.97 Å². The van der Waals surface area contributed by atoms with E-state index in [1.54, 1.807) is 6.33 Å². The first-order valence-electron chi connectivity index (χ1n) is 7.03. The van der Waals surface area contributed by atoms with Crippen molar-refractivity contribution in [1.82, 2.24) is 15.0 Å². The number of fused-ring (bicyclic) bond motifs is 3. The molecule has 2 heterocycles. The van der Waals surface area contributed by atoms with Crippen molar-refractivity contribution < 1.29 is 0 Å². The average Bonchev–Trinajstić information content (AvgIpc) is 2.88. The number of aromatic amines is 1. The van der Waals surface area contributed by atoms with Gasteiger partial charge >= 0.3 is 0 Å². The Bertz CT molecular complexity index is 733. The number of para-hydroxylation sites is 1. The molecular formula is C16H16N4. The summed E-state index contributed by atoms with van der Waals surface area (Å²) in [6.45, 7) is 0. The SMILES string of the molecule is c1ccc2c3c([nH]c2c1)C(Nc1cncnc1)CCC3. The summed E-state index contributed by atoms with van der Waals surface area (Å²) in [5.41, 5.74) is 4.99. The summed E-state index contributed by atoms with van der Waals surface area (Å²) in [6, 6.07) is 8.86. The van der Waals surface area contributed by atoms with Gasteiger partial charge in [0.1, 0.15) is 6.33 Å². The van der Waals surface area contributed by atoms with E-state index in [4.69, 9.17) is 0 Å². The fourth-order valence-electron chi connectivity index (χ4n) is 3.13. The fourth-order valence-corrected chi connectivity index (χ4v) is 3.13. The molecule has 1 unspecified atom stereocenters. The molecule has 0 saturated heterocycles. The molecule has 0 saturated carbocycles. The first-order chi connectivity index (χ1) is 9.92. The van der Waals surface area contributed by atoms with E-state index < -0.39 is 0 Å². The molecule has 1 atom stereocenters. The van der Waals surface area contributed by atoms with Gasteiger partial charge in [-0.3, -0.25) is 0 Å². The van der Waals surface area contributed by atoms with Crippen LogP contribution in [0.2, 0.25) is 0 Å². The van der Waals surface area contributed by atoms with Gasteiger partial charge in [0, 0.05) is 16.6 Å². The molecule has 0 aliphatic heterocycles. The monoisotopic (exact) mass is 264 g/mol. The van der Waals surface area contributed by atoms with E-state index in [-0.39, 0.29) is 0 Å². The zero-order chi connectivity index (χ0) is 13.4. The highest BCUT2D eigenvalue weighted by atomic mass is 15.0. The number of nitrogens with zero attached hydrogens (tertiary/aromatic N) is 2. The molecule has 4 heteroatoms. The minimum absolute atomic E-state index is 0.317. The van der Waals surface area contributed by atoms with E-state index in [0.717, 1.165) is 18.5 Å². The maximum atomic E-state index is 4.07. The molecule has 0 fully saturated rings. The normalized spacial score (nSPS) is 17.9. The molecule has 0 spiro atoms. The molecular weight excluding hydrogens is 248 g/mol. The Balaban J connectivity index is 1.75. The van der Waals surface area contributed by atoms with E-state index in [0.29, 0.717) is 6.04 Å². The lowest BCUT2D eigenvalue weighted by atomic mass is 9.91. The van der Waals surface area contributed by atoms with Crippen molar-refractivity contribution in [2.45, 2.75) is 25.3 Å². The number of H-pyrrole nitrogens is 1. The van der Waals surface area contributed by atoms with Gasteiger partial charge < -0.3 is 10.3 Å². The highest BCUT2D eigenvalue weighted by molar-refractivity contribution is 5.85. The predicted octanol–water partition coefficient (Wildman–Crippen LogP) is 3.45. The first-order valence-corrected chi connectivity index (χ1v) is 7.03. The van der Waals surface area contributed by atoms with Crippen molar-refractivity contribution in [1.29, 1.82) is 0 Å². The zero-order valence-corrected chi connectivity index (χ0v) is 11.1. The number of benzene rings is 1. The summed E-state index contributed by atoms with van der Waals surface area (Å²) in [5, 5.41) is 4.90. The summed E-state index contributed by atoms with van der Waals surface area (Å²) in [5.74, 6) is 0. The Kier molecular flexibility index (Phi) is 2.66. The molecule has 4 rings (SSSR count). The van der Waals surface area contributed by atoms with Crippen LogP contribution in [0.1, 0.15) is 30.1 Å². The van der Waals surface area contributed by atoms with Crippen molar-refractivity contribution in [3.63, 3.8) is 0 Å². The molecule has 20 heavy (non-hydrogen) atoms. The number of hydrogen-bond acceptors (Lipinski definition) is 3. The van der Waals surface area contributed by atoms with E-state index >= 15 is 0 Å². The van der Waals surface area contributed by atoms with E-state index in [2.05, 4.69) is 44.5 Å². The Morgan fingerprint density at radius 1 is 1.15 bits per heavy atom. The molecule has 3 aromatic rings. The van der Waals surface area contributed by atoms with Crippen molar-refractivity contribution in [2.75, 3.05) is 5.32 Å². The molecule has 0 amide bonds. The van der Waals surface area contributed by atoms with Crippen molar-refractivity contribution >= 4 is 16.6 Å². The first kappa shape index (κ1) is 11.5. The Morgan fingerprint density at radius 2 is 2.00 bits per heavy atom. The predicted molar refractivity (Wildman–Crippen MR) is 79.6 cm³/mol. The number of aryl methyl sites for hydroxylation is 1. The maximum absolute atomic E-state index is 4.07. The van der Waals surface area contributed by atoms with Crippen LogP contribution in [0.3, 0.4) is 0 Å². The molecule has 0 radical (unpaired) electrons. The van der Waals surface area contributed by atoms with Gasteiger partial charge in [-0.1, -0.05) is 18.2 Å². The molecule has 1 aliphatic rings. The third kappa shape index (κ3) is 1.84. The quantitative estimate of drug-likeness (QED) is 0.745. The van der Waals surface area contributed by atoms with E-state index in [1.165, 1.54) is 28.6 Å². The van der Waals surface area contributed by atoms with Crippen LogP contribution in [-0.4, -0.2) is 15.0 Å². The highest BCUT2D eigenvalue weighted by Crippen LogP contribution is 2.36. The summed E-state index contributed by atoms with van der Waals surface area (Å²) in [7, 11) is 0. The average molecular weight is 264 g/mol.